The van der Waals surface area contributed by atoms with Gasteiger partial charge in [-0.15, -0.1) is 0 Å². The van der Waals surface area contributed by atoms with Crippen LogP contribution in [0.2, 0.25) is 0 Å². The van der Waals surface area contributed by atoms with E-state index in [0.717, 1.165) is 16.7 Å². The van der Waals surface area contributed by atoms with Crippen LogP contribution in [-0.2, 0) is 0 Å². The average molecular weight is 281 g/mol. The third kappa shape index (κ3) is 2.76. The molecule has 3 rings (SSSR count). The molecule has 3 nitrogen and oxygen atoms in total. The van der Waals surface area contributed by atoms with Crippen molar-refractivity contribution in [2.24, 2.45) is 0 Å². The molecule has 0 spiro atoms. The monoisotopic (exact) mass is 281 g/mol. The number of benzene rings is 2. The molecule has 0 fully saturated rings. The van der Waals surface area contributed by atoms with E-state index in [9.17, 15) is 4.39 Å². The number of hydrogen-bond donors (Lipinski definition) is 1. The van der Waals surface area contributed by atoms with Crippen LogP contribution in [0.5, 0.6) is 0 Å². The van der Waals surface area contributed by atoms with Crippen molar-refractivity contribution in [3.63, 3.8) is 0 Å². The number of rotatable bonds is 4. The lowest BCUT2D eigenvalue weighted by molar-refractivity contribution is 0.552. The van der Waals surface area contributed by atoms with Crippen molar-refractivity contribution in [2.75, 3.05) is 6.54 Å². The van der Waals surface area contributed by atoms with E-state index in [2.05, 4.69) is 15.3 Å². The lowest BCUT2D eigenvalue weighted by Crippen LogP contribution is -2.24. The minimum atomic E-state index is -0.298. The first-order valence-electron chi connectivity index (χ1n) is 6.99. The molecular formula is C17H16FN3. The SMILES string of the molecule is CCNC(c1cnc2ccccc2n1)c1ccccc1F. The summed E-state index contributed by atoms with van der Waals surface area (Å²) in [5.74, 6) is -0.238. The maximum atomic E-state index is 14.1. The Kier molecular flexibility index (Phi) is 3.88. The van der Waals surface area contributed by atoms with Gasteiger partial charge < -0.3 is 5.32 Å². The molecule has 1 heterocycles. The Balaban J connectivity index is 2.09. The minimum absolute atomic E-state index is 0.238. The molecule has 0 aliphatic heterocycles. The summed E-state index contributed by atoms with van der Waals surface area (Å²) < 4.78 is 14.1. The molecule has 1 aromatic heterocycles. The largest absolute Gasteiger partial charge is 0.305 e. The van der Waals surface area contributed by atoms with Crippen LogP contribution in [0.1, 0.15) is 24.2 Å². The summed E-state index contributed by atoms with van der Waals surface area (Å²) in [6.45, 7) is 2.70. The van der Waals surface area contributed by atoms with Crippen molar-refractivity contribution in [1.29, 1.82) is 0 Å². The van der Waals surface area contributed by atoms with Crippen LogP contribution >= 0.6 is 0 Å². The fourth-order valence-corrected chi connectivity index (χ4v) is 2.40. The van der Waals surface area contributed by atoms with Crippen LogP contribution in [0, 0.1) is 5.82 Å². The highest BCUT2D eigenvalue weighted by molar-refractivity contribution is 5.73. The van der Waals surface area contributed by atoms with Crippen molar-refractivity contribution < 1.29 is 4.39 Å². The maximum Gasteiger partial charge on any atom is 0.128 e. The molecule has 0 aliphatic carbocycles. The molecule has 3 aromatic rings. The van der Waals surface area contributed by atoms with Gasteiger partial charge in [0.25, 0.3) is 0 Å². The number of halogens is 1. The Morgan fingerprint density at radius 1 is 1.05 bits per heavy atom. The zero-order chi connectivity index (χ0) is 14.7. The third-order valence-corrected chi connectivity index (χ3v) is 3.39. The summed E-state index contributed by atoms with van der Waals surface area (Å²) in [4.78, 5) is 9.03. The summed E-state index contributed by atoms with van der Waals surface area (Å²) in [5.41, 5.74) is 2.96. The summed E-state index contributed by atoms with van der Waals surface area (Å²) in [7, 11) is 0. The Labute approximate surface area is 122 Å². The summed E-state index contributed by atoms with van der Waals surface area (Å²) in [5, 5.41) is 3.28. The van der Waals surface area contributed by atoms with E-state index in [1.165, 1.54) is 6.07 Å². The van der Waals surface area contributed by atoms with Crippen LogP contribution in [0.3, 0.4) is 0 Å². The van der Waals surface area contributed by atoms with Gasteiger partial charge >= 0.3 is 0 Å². The quantitative estimate of drug-likeness (QED) is 0.795. The Bertz CT molecular complexity index is 758. The van der Waals surface area contributed by atoms with Gasteiger partial charge in [0.2, 0.25) is 0 Å². The van der Waals surface area contributed by atoms with Crippen LogP contribution in [-0.4, -0.2) is 16.5 Å². The average Bonchev–Trinajstić information content (AvgIpc) is 2.53. The van der Waals surface area contributed by atoms with Crippen LogP contribution in [0.15, 0.2) is 54.7 Å². The Morgan fingerprint density at radius 2 is 1.76 bits per heavy atom. The first-order chi connectivity index (χ1) is 10.3. The molecule has 1 atom stereocenters. The van der Waals surface area contributed by atoms with Gasteiger partial charge in [-0.05, 0) is 24.7 Å². The van der Waals surface area contributed by atoms with Crippen molar-refractivity contribution in [1.82, 2.24) is 15.3 Å². The number of para-hydroxylation sites is 2. The Hall–Kier alpha value is -2.33. The van der Waals surface area contributed by atoms with E-state index in [1.807, 2.05) is 37.3 Å². The first kappa shape index (κ1) is 13.6. The smallest absolute Gasteiger partial charge is 0.128 e. The highest BCUT2D eigenvalue weighted by Crippen LogP contribution is 2.23. The van der Waals surface area contributed by atoms with E-state index >= 15 is 0 Å². The van der Waals surface area contributed by atoms with Gasteiger partial charge in [0.1, 0.15) is 5.82 Å². The van der Waals surface area contributed by atoms with E-state index in [1.54, 1.807) is 18.3 Å². The molecule has 0 bridgehead atoms. The molecule has 0 saturated carbocycles. The normalized spacial score (nSPS) is 12.5. The summed E-state index contributed by atoms with van der Waals surface area (Å²) in [6, 6.07) is 14.1. The van der Waals surface area contributed by atoms with E-state index < -0.39 is 0 Å². The molecule has 106 valence electrons. The highest BCUT2D eigenvalue weighted by atomic mass is 19.1. The predicted molar refractivity (Wildman–Crippen MR) is 81.5 cm³/mol. The van der Waals surface area contributed by atoms with Gasteiger partial charge in [0.15, 0.2) is 0 Å². The fourth-order valence-electron chi connectivity index (χ4n) is 2.40. The lowest BCUT2D eigenvalue weighted by Gasteiger charge is -2.18. The molecule has 4 heteroatoms. The van der Waals surface area contributed by atoms with Crippen molar-refractivity contribution >= 4 is 11.0 Å². The van der Waals surface area contributed by atoms with Gasteiger partial charge in [-0.1, -0.05) is 37.3 Å². The van der Waals surface area contributed by atoms with Crippen molar-refractivity contribution in [3.8, 4) is 0 Å². The number of hydrogen-bond acceptors (Lipinski definition) is 3. The van der Waals surface area contributed by atoms with Crippen LogP contribution in [0.4, 0.5) is 4.39 Å². The third-order valence-electron chi connectivity index (χ3n) is 3.39. The zero-order valence-electron chi connectivity index (χ0n) is 11.8. The standard InChI is InChI=1S/C17H16FN3/c1-2-19-17(12-7-3-4-8-13(12)18)16-11-20-14-9-5-6-10-15(14)21-16/h3-11,17,19H,2H2,1H3. The van der Waals surface area contributed by atoms with E-state index in [-0.39, 0.29) is 11.9 Å². The number of nitrogens with one attached hydrogen (secondary N) is 1. The number of nitrogens with zero attached hydrogens (tertiary/aromatic N) is 2. The molecule has 0 saturated heterocycles. The van der Waals surface area contributed by atoms with Gasteiger partial charge in [-0.2, -0.15) is 0 Å². The highest BCUT2D eigenvalue weighted by Gasteiger charge is 2.18. The second-order valence-electron chi connectivity index (χ2n) is 4.80. The molecule has 0 amide bonds. The topological polar surface area (TPSA) is 37.8 Å². The first-order valence-corrected chi connectivity index (χ1v) is 6.99. The van der Waals surface area contributed by atoms with Crippen LogP contribution in [0.25, 0.3) is 11.0 Å². The maximum absolute atomic E-state index is 14.1. The van der Waals surface area contributed by atoms with Gasteiger partial charge in [0.05, 0.1) is 29.0 Å². The second kappa shape index (κ2) is 5.97. The predicted octanol–water partition coefficient (Wildman–Crippen LogP) is 3.47. The number of aromatic nitrogens is 2. The van der Waals surface area contributed by atoms with Gasteiger partial charge in [0, 0.05) is 5.56 Å². The van der Waals surface area contributed by atoms with Crippen molar-refractivity contribution in [3.05, 3.63) is 71.8 Å². The van der Waals surface area contributed by atoms with Crippen LogP contribution < -0.4 is 5.32 Å². The summed E-state index contributed by atoms with van der Waals surface area (Å²) in [6.07, 6.45) is 1.71. The fraction of sp³-hybridized carbons (Fsp3) is 0.176. The molecule has 2 aromatic carbocycles. The van der Waals surface area contributed by atoms with Crippen molar-refractivity contribution in [2.45, 2.75) is 13.0 Å². The molecule has 1 N–H and O–H groups in total. The van der Waals surface area contributed by atoms with Gasteiger partial charge in [-0.3, -0.25) is 4.98 Å². The zero-order valence-corrected chi connectivity index (χ0v) is 11.8. The van der Waals surface area contributed by atoms with E-state index in [0.29, 0.717) is 12.1 Å². The second-order valence-corrected chi connectivity index (χ2v) is 4.80. The van der Waals surface area contributed by atoms with Gasteiger partial charge in [-0.25, -0.2) is 9.37 Å². The van der Waals surface area contributed by atoms with E-state index in [4.69, 9.17) is 0 Å². The molecule has 21 heavy (non-hydrogen) atoms. The molecule has 0 aliphatic rings. The molecular weight excluding hydrogens is 265 g/mol. The lowest BCUT2D eigenvalue weighted by atomic mass is 10.0. The molecule has 1 unspecified atom stereocenters. The summed E-state index contributed by atoms with van der Waals surface area (Å²) >= 11 is 0. The molecule has 0 radical (unpaired) electrons. The minimum Gasteiger partial charge on any atom is -0.305 e. The number of fused-ring (bicyclic) bond motifs is 1. The Morgan fingerprint density at radius 3 is 2.52 bits per heavy atom.